The number of rotatable bonds is 4. The lowest BCUT2D eigenvalue weighted by atomic mass is 10.0. The van der Waals surface area contributed by atoms with E-state index in [4.69, 9.17) is 4.52 Å². The topological polar surface area (TPSA) is 54.2 Å². The van der Waals surface area contributed by atoms with Gasteiger partial charge in [-0.15, -0.1) is 12.4 Å². The molecular weight excluding hydrogens is 264 g/mol. The molecule has 0 aromatic carbocycles. The third kappa shape index (κ3) is 2.78. The quantitative estimate of drug-likeness (QED) is 0.916. The van der Waals surface area contributed by atoms with Crippen molar-refractivity contribution in [1.29, 1.82) is 0 Å². The number of nitrogens with one attached hydrogen (secondary N) is 1. The van der Waals surface area contributed by atoms with Crippen LogP contribution in [0.5, 0.6) is 0 Å². The van der Waals surface area contributed by atoms with Crippen molar-refractivity contribution in [2.24, 2.45) is 0 Å². The molecule has 0 amide bonds. The van der Waals surface area contributed by atoms with Crippen molar-refractivity contribution in [3.05, 3.63) is 11.7 Å². The first-order valence-electron chi connectivity index (χ1n) is 7.00. The van der Waals surface area contributed by atoms with E-state index in [-0.39, 0.29) is 23.9 Å². The number of likely N-dealkylation sites (N-methyl/N-ethyl adjacent to an activating group) is 1. The standard InChI is InChI=1S/C13H22N4O.ClH/c1-3-4-13(5-6-13)12-15-11(16-18-12)10-9-14-7-8-17(10)2;/h10,14H,3-9H2,1-2H3;1H. The maximum absolute atomic E-state index is 5.53. The third-order valence-corrected chi connectivity index (χ3v) is 4.29. The van der Waals surface area contributed by atoms with E-state index >= 15 is 0 Å². The molecule has 2 heterocycles. The molecule has 1 aromatic rings. The highest BCUT2D eigenvalue weighted by Crippen LogP contribution is 2.51. The molecule has 1 aliphatic heterocycles. The smallest absolute Gasteiger partial charge is 0.232 e. The molecule has 3 rings (SSSR count). The van der Waals surface area contributed by atoms with Crippen LogP contribution in [0.2, 0.25) is 0 Å². The highest BCUT2D eigenvalue weighted by Gasteiger charge is 2.48. The first kappa shape index (κ1) is 14.8. The minimum absolute atomic E-state index is 0. The summed E-state index contributed by atoms with van der Waals surface area (Å²) in [5.41, 5.74) is 0.223. The summed E-state index contributed by atoms with van der Waals surface area (Å²) in [4.78, 5) is 6.97. The number of hydrogen-bond donors (Lipinski definition) is 1. The van der Waals surface area contributed by atoms with E-state index < -0.39 is 0 Å². The van der Waals surface area contributed by atoms with E-state index in [2.05, 4.69) is 34.3 Å². The van der Waals surface area contributed by atoms with Crippen LogP contribution in [0, 0.1) is 0 Å². The molecule has 1 aromatic heterocycles. The summed E-state index contributed by atoms with van der Waals surface area (Å²) >= 11 is 0. The molecule has 1 saturated heterocycles. The van der Waals surface area contributed by atoms with Crippen LogP contribution in [0.15, 0.2) is 4.52 Å². The predicted molar refractivity (Wildman–Crippen MR) is 75.6 cm³/mol. The van der Waals surface area contributed by atoms with Crippen molar-refractivity contribution in [3.63, 3.8) is 0 Å². The largest absolute Gasteiger partial charge is 0.339 e. The van der Waals surface area contributed by atoms with Crippen molar-refractivity contribution in [3.8, 4) is 0 Å². The molecule has 5 nitrogen and oxygen atoms in total. The van der Waals surface area contributed by atoms with Gasteiger partial charge in [-0.1, -0.05) is 18.5 Å². The number of halogens is 1. The Kier molecular flexibility index (Phi) is 4.48. The van der Waals surface area contributed by atoms with Gasteiger partial charge in [-0.3, -0.25) is 4.90 Å². The van der Waals surface area contributed by atoms with Crippen molar-refractivity contribution < 1.29 is 4.52 Å². The van der Waals surface area contributed by atoms with E-state index in [1.165, 1.54) is 25.7 Å². The number of aromatic nitrogens is 2. The summed E-state index contributed by atoms with van der Waals surface area (Å²) in [6.07, 6.45) is 4.78. The lowest BCUT2D eigenvalue weighted by Gasteiger charge is -2.30. The Labute approximate surface area is 120 Å². The fraction of sp³-hybridized carbons (Fsp3) is 0.846. The second kappa shape index (κ2) is 5.77. The Morgan fingerprint density at radius 3 is 2.89 bits per heavy atom. The first-order chi connectivity index (χ1) is 8.75. The van der Waals surface area contributed by atoms with Gasteiger partial charge in [0, 0.05) is 25.0 Å². The zero-order valence-corrected chi connectivity index (χ0v) is 12.5. The fourth-order valence-corrected chi connectivity index (χ4v) is 2.88. The molecule has 1 unspecified atom stereocenters. The number of piperazine rings is 1. The first-order valence-corrected chi connectivity index (χ1v) is 7.00. The van der Waals surface area contributed by atoms with Crippen molar-refractivity contribution in [1.82, 2.24) is 20.4 Å². The van der Waals surface area contributed by atoms with E-state index in [0.29, 0.717) is 0 Å². The van der Waals surface area contributed by atoms with Crippen molar-refractivity contribution in [2.75, 3.05) is 26.7 Å². The van der Waals surface area contributed by atoms with Crippen LogP contribution in [0.4, 0.5) is 0 Å². The van der Waals surface area contributed by atoms with Crippen LogP contribution in [0.25, 0.3) is 0 Å². The second-order valence-electron chi connectivity index (χ2n) is 5.69. The van der Waals surface area contributed by atoms with Gasteiger partial charge in [-0.2, -0.15) is 4.98 Å². The van der Waals surface area contributed by atoms with Gasteiger partial charge >= 0.3 is 0 Å². The SMILES string of the molecule is CCCC1(c2nc(C3CNCCN3C)no2)CC1.Cl. The predicted octanol–water partition coefficient (Wildman–Crippen LogP) is 1.90. The summed E-state index contributed by atoms with van der Waals surface area (Å²) in [7, 11) is 2.13. The summed E-state index contributed by atoms with van der Waals surface area (Å²) < 4.78 is 5.53. The maximum Gasteiger partial charge on any atom is 0.232 e. The minimum Gasteiger partial charge on any atom is -0.339 e. The number of nitrogens with zero attached hydrogens (tertiary/aromatic N) is 3. The summed E-state index contributed by atoms with van der Waals surface area (Å²) in [5, 5.41) is 7.60. The molecular formula is C13H23ClN4O. The normalized spacial score (nSPS) is 25.9. The average molecular weight is 287 g/mol. The summed E-state index contributed by atoms with van der Waals surface area (Å²) in [5.74, 6) is 1.72. The van der Waals surface area contributed by atoms with Gasteiger partial charge in [0.1, 0.15) is 0 Å². The minimum atomic E-state index is 0. The van der Waals surface area contributed by atoms with Crippen LogP contribution >= 0.6 is 12.4 Å². The maximum atomic E-state index is 5.53. The van der Waals surface area contributed by atoms with Crippen LogP contribution in [-0.2, 0) is 5.41 Å². The van der Waals surface area contributed by atoms with E-state index in [9.17, 15) is 0 Å². The van der Waals surface area contributed by atoms with E-state index in [1.807, 2.05) is 0 Å². The van der Waals surface area contributed by atoms with Gasteiger partial charge in [-0.05, 0) is 26.3 Å². The van der Waals surface area contributed by atoms with Crippen LogP contribution in [0.3, 0.4) is 0 Å². The van der Waals surface area contributed by atoms with Gasteiger partial charge in [0.05, 0.1) is 6.04 Å². The molecule has 1 atom stereocenters. The third-order valence-electron chi connectivity index (χ3n) is 4.29. The Morgan fingerprint density at radius 1 is 1.47 bits per heavy atom. The van der Waals surface area contributed by atoms with Gasteiger partial charge < -0.3 is 9.84 Å². The zero-order valence-electron chi connectivity index (χ0n) is 11.7. The summed E-state index contributed by atoms with van der Waals surface area (Å²) in [6, 6.07) is 0.258. The monoisotopic (exact) mass is 286 g/mol. The lowest BCUT2D eigenvalue weighted by Crippen LogP contribution is -2.44. The zero-order chi connectivity index (χ0) is 12.6. The van der Waals surface area contributed by atoms with Crippen LogP contribution < -0.4 is 5.32 Å². The summed E-state index contributed by atoms with van der Waals surface area (Å²) in [6.45, 7) is 5.21. The lowest BCUT2D eigenvalue weighted by molar-refractivity contribution is 0.190. The highest BCUT2D eigenvalue weighted by atomic mass is 35.5. The molecule has 2 fully saturated rings. The number of hydrogen-bond acceptors (Lipinski definition) is 5. The van der Waals surface area contributed by atoms with Crippen molar-refractivity contribution >= 4 is 12.4 Å². The van der Waals surface area contributed by atoms with Crippen LogP contribution in [0.1, 0.15) is 50.4 Å². The molecule has 0 spiro atoms. The van der Waals surface area contributed by atoms with Crippen LogP contribution in [-0.4, -0.2) is 41.7 Å². The molecule has 1 aliphatic carbocycles. The second-order valence-corrected chi connectivity index (χ2v) is 5.69. The Balaban J connectivity index is 0.00000133. The Bertz CT molecular complexity index is 419. The molecule has 1 N–H and O–H groups in total. The molecule has 19 heavy (non-hydrogen) atoms. The Morgan fingerprint density at radius 2 is 2.26 bits per heavy atom. The molecule has 0 radical (unpaired) electrons. The molecule has 0 bridgehead atoms. The molecule has 1 saturated carbocycles. The van der Waals surface area contributed by atoms with E-state index in [1.54, 1.807) is 0 Å². The average Bonchev–Trinajstić information content (AvgIpc) is 2.99. The molecule has 2 aliphatic rings. The van der Waals surface area contributed by atoms with Gasteiger partial charge in [0.15, 0.2) is 5.82 Å². The van der Waals surface area contributed by atoms with Gasteiger partial charge in [-0.25, -0.2) is 0 Å². The van der Waals surface area contributed by atoms with E-state index in [0.717, 1.165) is 31.3 Å². The molecule has 6 heteroatoms. The molecule has 108 valence electrons. The Hall–Kier alpha value is -0.650. The highest BCUT2D eigenvalue weighted by molar-refractivity contribution is 5.85. The van der Waals surface area contributed by atoms with Gasteiger partial charge in [0.2, 0.25) is 5.89 Å². The fourth-order valence-electron chi connectivity index (χ4n) is 2.88. The van der Waals surface area contributed by atoms with Gasteiger partial charge in [0.25, 0.3) is 0 Å². The van der Waals surface area contributed by atoms with Crippen molar-refractivity contribution in [2.45, 2.75) is 44.1 Å².